The average Bonchev–Trinajstić information content (AvgIpc) is 2.71. The van der Waals surface area contributed by atoms with Crippen LogP contribution in [-0.2, 0) is 9.59 Å². The highest BCUT2D eigenvalue weighted by Crippen LogP contribution is 2.31. The van der Waals surface area contributed by atoms with Gasteiger partial charge in [-0.05, 0) is 24.3 Å². The Balaban J connectivity index is 1.56. The van der Waals surface area contributed by atoms with Crippen LogP contribution in [0.25, 0.3) is 0 Å². The van der Waals surface area contributed by atoms with Gasteiger partial charge < -0.3 is 18.9 Å². The molecule has 1 N–H and O–H groups in total. The molecule has 0 fully saturated rings. The Morgan fingerprint density at radius 2 is 2.00 bits per heavy atom. The maximum atomic E-state index is 12.2. The van der Waals surface area contributed by atoms with Crippen LogP contribution >= 0.6 is 0 Å². The Hall–Kier alpha value is -3.82. The third-order valence-electron chi connectivity index (χ3n) is 3.79. The first-order chi connectivity index (χ1) is 13.5. The first-order valence-corrected chi connectivity index (χ1v) is 8.15. The highest BCUT2D eigenvalue weighted by molar-refractivity contribution is 5.98. The number of imide groups is 1. The Labute approximate surface area is 159 Å². The first-order valence-electron chi connectivity index (χ1n) is 8.15. The molecule has 0 bridgehead atoms. The number of ether oxygens (including phenoxy) is 4. The lowest BCUT2D eigenvalue weighted by Gasteiger charge is -2.25. The number of fused-ring (bicyclic) bond motifs is 1. The van der Waals surface area contributed by atoms with E-state index in [1.807, 2.05) is 0 Å². The van der Waals surface area contributed by atoms with Crippen molar-refractivity contribution in [1.29, 1.82) is 0 Å². The summed E-state index contributed by atoms with van der Waals surface area (Å²) in [5.41, 5.74) is -0.362. The molecule has 146 valence electrons. The van der Waals surface area contributed by atoms with E-state index in [1.165, 1.54) is 25.3 Å². The number of nitrogens with zero attached hydrogens (tertiary/aromatic N) is 1. The molecular weight excluding hydrogens is 372 g/mol. The molecule has 2 amide bonds. The number of para-hydroxylation sites is 2. The molecule has 3 rings (SSSR count). The second-order valence-electron chi connectivity index (χ2n) is 5.66. The fourth-order valence-corrected chi connectivity index (χ4v) is 2.43. The van der Waals surface area contributed by atoms with E-state index >= 15 is 0 Å². The van der Waals surface area contributed by atoms with Gasteiger partial charge in [0, 0.05) is 0 Å². The van der Waals surface area contributed by atoms with Crippen LogP contribution in [0, 0.1) is 10.1 Å². The van der Waals surface area contributed by atoms with Crippen molar-refractivity contribution in [3.63, 3.8) is 0 Å². The predicted molar refractivity (Wildman–Crippen MR) is 94.6 cm³/mol. The summed E-state index contributed by atoms with van der Waals surface area (Å²) in [4.78, 5) is 34.6. The van der Waals surface area contributed by atoms with E-state index in [4.69, 9.17) is 18.9 Å². The summed E-state index contributed by atoms with van der Waals surface area (Å²) in [6.45, 7) is -0.649. The van der Waals surface area contributed by atoms with Crippen molar-refractivity contribution >= 4 is 17.5 Å². The van der Waals surface area contributed by atoms with E-state index in [1.54, 1.807) is 24.3 Å². The van der Waals surface area contributed by atoms with Gasteiger partial charge in [0.2, 0.25) is 6.10 Å². The molecule has 0 saturated carbocycles. The predicted octanol–water partition coefficient (Wildman–Crippen LogP) is 1.46. The Morgan fingerprint density at radius 1 is 1.25 bits per heavy atom. The molecule has 2 aromatic carbocycles. The van der Waals surface area contributed by atoms with Crippen molar-refractivity contribution in [3.8, 4) is 23.0 Å². The minimum absolute atomic E-state index is 0.0546. The van der Waals surface area contributed by atoms with Gasteiger partial charge >= 0.3 is 5.69 Å². The number of nitro groups is 1. The maximum absolute atomic E-state index is 12.2. The number of amides is 2. The van der Waals surface area contributed by atoms with E-state index in [9.17, 15) is 19.7 Å². The molecule has 1 aliphatic heterocycles. The Bertz CT molecular complexity index is 914. The average molecular weight is 388 g/mol. The zero-order valence-corrected chi connectivity index (χ0v) is 14.7. The summed E-state index contributed by atoms with van der Waals surface area (Å²) < 4.78 is 21.0. The summed E-state index contributed by atoms with van der Waals surface area (Å²) >= 11 is 0. The molecule has 0 unspecified atom stereocenters. The SMILES string of the molecule is COc1ccc(OCC(=O)NC(=O)[C@@H]2COc3ccccc3O2)c([N+](=O)[O-])c1. The molecule has 0 saturated heterocycles. The second-order valence-corrected chi connectivity index (χ2v) is 5.66. The minimum Gasteiger partial charge on any atom is -0.496 e. The highest BCUT2D eigenvalue weighted by atomic mass is 16.6. The summed E-state index contributed by atoms with van der Waals surface area (Å²) in [5.74, 6) is -0.433. The van der Waals surface area contributed by atoms with Crippen LogP contribution in [0.15, 0.2) is 42.5 Å². The van der Waals surface area contributed by atoms with Crippen LogP contribution in [0.2, 0.25) is 0 Å². The summed E-state index contributed by atoms with van der Waals surface area (Å²) in [5, 5.41) is 13.2. The van der Waals surface area contributed by atoms with Gasteiger partial charge in [0.1, 0.15) is 12.4 Å². The minimum atomic E-state index is -1.01. The molecule has 10 nitrogen and oxygen atoms in total. The van der Waals surface area contributed by atoms with Gasteiger partial charge in [-0.3, -0.25) is 25.0 Å². The molecule has 0 aromatic heterocycles. The third-order valence-corrected chi connectivity index (χ3v) is 3.79. The number of rotatable bonds is 6. The van der Waals surface area contributed by atoms with Crippen molar-refractivity contribution < 1.29 is 33.5 Å². The number of nitrogens with one attached hydrogen (secondary N) is 1. The molecule has 0 spiro atoms. The van der Waals surface area contributed by atoms with Crippen LogP contribution in [0.3, 0.4) is 0 Å². The first kappa shape index (κ1) is 19.0. The smallest absolute Gasteiger partial charge is 0.314 e. The van der Waals surface area contributed by atoms with Crippen LogP contribution in [-0.4, -0.2) is 43.2 Å². The van der Waals surface area contributed by atoms with Gasteiger partial charge in [0.15, 0.2) is 23.9 Å². The number of carbonyl (C=O) groups is 2. The molecule has 1 atom stereocenters. The third kappa shape index (κ3) is 4.29. The summed E-state index contributed by atoms with van der Waals surface area (Å²) in [6, 6.07) is 10.8. The zero-order chi connectivity index (χ0) is 20.1. The van der Waals surface area contributed by atoms with E-state index in [-0.39, 0.29) is 23.8 Å². The molecule has 1 heterocycles. The van der Waals surface area contributed by atoms with E-state index < -0.39 is 29.4 Å². The van der Waals surface area contributed by atoms with E-state index in [0.29, 0.717) is 11.5 Å². The number of benzene rings is 2. The van der Waals surface area contributed by atoms with Gasteiger partial charge in [-0.1, -0.05) is 12.1 Å². The normalized spacial score (nSPS) is 14.7. The second kappa shape index (κ2) is 8.25. The van der Waals surface area contributed by atoms with Crippen LogP contribution in [0.4, 0.5) is 5.69 Å². The van der Waals surface area contributed by atoms with Gasteiger partial charge in [-0.25, -0.2) is 0 Å². The number of nitro benzene ring substituents is 1. The molecule has 10 heteroatoms. The molecule has 1 aliphatic rings. The zero-order valence-electron chi connectivity index (χ0n) is 14.7. The lowest BCUT2D eigenvalue weighted by atomic mass is 10.2. The van der Waals surface area contributed by atoms with Crippen LogP contribution in [0.5, 0.6) is 23.0 Å². The van der Waals surface area contributed by atoms with Crippen molar-refractivity contribution in [3.05, 3.63) is 52.6 Å². The topological polar surface area (TPSA) is 126 Å². The number of hydrogen-bond donors (Lipinski definition) is 1. The number of carbonyl (C=O) groups excluding carboxylic acids is 2. The van der Waals surface area contributed by atoms with Crippen molar-refractivity contribution in [1.82, 2.24) is 5.32 Å². The molecular formula is C18H16N2O8. The quantitative estimate of drug-likeness (QED) is 0.582. The number of hydrogen-bond acceptors (Lipinski definition) is 8. The molecule has 2 aromatic rings. The summed E-state index contributed by atoms with van der Waals surface area (Å²) in [7, 11) is 1.37. The standard InChI is InChI=1S/C18H16N2O8/c1-25-11-6-7-13(12(8-11)20(23)24)27-10-17(21)19-18(22)16-9-26-14-4-2-3-5-15(14)28-16/h2-8,16H,9-10H2,1H3,(H,19,21,22)/t16-/m0/s1. The molecule has 0 aliphatic carbocycles. The van der Waals surface area contributed by atoms with E-state index in [0.717, 1.165) is 0 Å². The largest absolute Gasteiger partial charge is 0.496 e. The molecule has 0 radical (unpaired) electrons. The fourth-order valence-electron chi connectivity index (χ4n) is 2.43. The van der Waals surface area contributed by atoms with Crippen LogP contribution in [0.1, 0.15) is 0 Å². The Morgan fingerprint density at radius 3 is 2.71 bits per heavy atom. The van der Waals surface area contributed by atoms with Crippen molar-refractivity contribution in [2.75, 3.05) is 20.3 Å². The molecule has 28 heavy (non-hydrogen) atoms. The van der Waals surface area contributed by atoms with Gasteiger partial charge in [-0.2, -0.15) is 0 Å². The van der Waals surface area contributed by atoms with Gasteiger partial charge in [0.05, 0.1) is 18.1 Å². The van der Waals surface area contributed by atoms with Crippen molar-refractivity contribution in [2.24, 2.45) is 0 Å². The van der Waals surface area contributed by atoms with Crippen LogP contribution < -0.4 is 24.3 Å². The van der Waals surface area contributed by atoms with Crippen molar-refractivity contribution in [2.45, 2.75) is 6.10 Å². The maximum Gasteiger partial charge on any atom is 0.314 e. The highest BCUT2D eigenvalue weighted by Gasteiger charge is 2.28. The Kier molecular flexibility index (Phi) is 5.58. The number of methoxy groups -OCH3 is 1. The fraction of sp³-hybridized carbons (Fsp3) is 0.222. The monoisotopic (exact) mass is 388 g/mol. The van der Waals surface area contributed by atoms with Gasteiger partial charge in [0.25, 0.3) is 11.8 Å². The lowest BCUT2D eigenvalue weighted by Crippen LogP contribution is -2.47. The van der Waals surface area contributed by atoms with E-state index in [2.05, 4.69) is 5.32 Å². The summed E-state index contributed by atoms with van der Waals surface area (Å²) in [6.07, 6.45) is -1.01. The van der Waals surface area contributed by atoms with Gasteiger partial charge in [-0.15, -0.1) is 0 Å². The lowest BCUT2D eigenvalue weighted by molar-refractivity contribution is -0.385.